The normalized spacial score (nSPS) is 23.0. The van der Waals surface area contributed by atoms with Gasteiger partial charge in [0, 0.05) is 49.3 Å². The van der Waals surface area contributed by atoms with Crippen LogP contribution in [-0.4, -0.2) is 61.1 Å². The van der Waals surface area contributed by atoms with Crippen molar-refractivity contribution in [1.29, 1.82) is 0 Å². The first-order chi connectivity index (χ1) is 16.3. The number of methoxy groups -OCH3 is 2. The van der Waals surface area contributed by atoms with Crippen LogP contribution in [0, 0.1) is 0 Å². The molecule has 2 aliphatic rings. The monoisotopic (exact) mass is 473 g/mol. The molecule has 3 atom stereocenters. The minimum Gasteiger partial charge on any atom is -0.496 e. The number of fused-ring (bicyclic) bond motifs is 2. The molecule has 2 bridgehead atoms. The van der Waals surface area contributed by atoms with Gasteiger partial charge < -0.3 is 20.1 Å². The fourth-order valence-corrected chi connectivity index (χ4v) is 5.64. The Morgan fingerprint density at radius 3 is 2.44 bits per heavy atom. The Morgan fingerprint density at radius 1 is 1.12 bits per heavy atom. The molecule has 34 heavy (non-hydrogen) atoms. The maximum Gasteiger partial charge on any atom is 0.305 e. The van der Waals surface area contributed by atoms with Crippen LogP contribution < -0.4 is 15.4 Å². The van der Waals surface area contributed by atoms with Gasteiger partial charge in [-0.3, -0.25) is 19.3 Å². The summed E-state index contributed by atoms with van der Waals surface area (Å²) in [4.78, 5) is 38.4. The first-order valence-corrected chi connectivity index (χ1v) is 12.4. The van der Waals surface area contributed by atoms with E-state index in [-0.39, 0.29) is 23.8 Å². The number of anilines is 1. The largest absolute Gasteiger partial charge is 0.496 e. The van der Waals surface area contributed by atoms with Crippen LogP contribution in [0.3, 0.4) is 0 Å². The predicted molar refractivity (Wildman–Crippen MR) is 131 cm³/mol. The summed E-state index contributed by atoms with van der Waals surface area (Å²) in [7, 11) is 2.96. The van der Waals surface area contributed by atoms with Crippen LogP contribution in [0.4, 0.5) is 5.69 Å². The number of benzene rings is 1. The van der Waals surface area contributed by atoms with E-state index in [1.165, 1.54) is 27.6 Å². The molecule has 2 saturated heterocycles. The molecular formula is C26H39N3O5. The second-order valence-corrected chi connectivity index (χ2v) is 9.59. The summed E-state index contributed by atoms with van der Waals surface area (Å²) < 4.78 is 10.2. The second-order valence-electron chi connectivity index (χ2n) is 9.59. The summed E-state index contributed by atoms with van der Waals surface area (Å²) in [6, 6.07) is 6.63. The van der Waals surface area contributed by atoms with E-state index < -0.39 is 0 Å². The van der Waals surface area contributed by atoms with Gasteiger partial charge in [-0.2, -0.15) is 0 Å². The highest BCUT2D eigenvalue weighted by molar-refractivity contribution is 5.98. The van der Waals surface area contributed by atoms with Crippen LogP contribution in [0.25, 0.3) is 0 Å². The van der Waals surface area contributed by atoms with Gasteiger partial charge in [0.1, 0.15) is 5.75 Å². The number of carbonyl (C=O) groups is 3. The zero-order chi connectivity index (χ0) is 24.7. The molecule has 2 aliphatic heterocycles. The first-order valence-electron chi connectivity index (χ1n) is 12.4. The molecule has 1 aromatic rings. The molecule has 8 nitrogen and oxygen atoms in total. The maximum absolute atomic E-state index is 13.1. The molecule has 0 saturated carbocycles. The lowest BCUT2D eigenvalue weighted by Crippen LogP contribution is -2.59. The van der Waals surface area contributed by atoms with Gasteiger partial charge in [-0.05, 0) is 57.6 Å². The minimum atomic E-state index is -0.171. The molecule has 2 fully saturated rings. The SMILES string of the molecule is COC(=O)CCCCC(C)N1C2CCCC1CC(NC(=O)c1ccc(NC(C)=O)cc1OC)C2. The van der Waals surface area contributed by atoms with Crippen molar-refractivity contribution in [2.24, 2.45) is 0 Å². The molecule has 2 heterocycles. The molecule has 188 valence electrons. The fraction of sp³-hybridized carbons (Fsp3) is 0.654. The van der Waals surface area contributed by atoms with Gasteiger partial charge in [0.2, 0.25) is 5.91 Å². The second kappa shape index (κ2) is 12.2. The van der Waals surface area contributed by atoms with Crippen molar-refractivity contribution in [3.8, 4) is 5.75 Å². The van der Waals surface area contributed by atoms with Gasteiger partial charge in [0.05, 0.1) is 19.8 Å². The number of rotatable bonds is 10. The van der Waals surface area contributed by atoms with Crippen molar-refractivity contribution in [2.45, 2.75) is 95.8 Å². The number of esters is 1. The standard InChI is InChI=1S/C26H39N3O5/c1-17(8-5-6-11-25(31)34-4)29-21-9-7-10-22(29)15-20(14-21)28-26(32)23-13-12-19(27-18(2)30)16-24(23)33-3/h12-13,16-17,20-22H,5-11,14-15H2,1-4H3,(H,27,30)(H,28,32). The van der Waals surface area contributed by atoms with E-state index in [9.17, 15) is 14.4 Å². The summed E-state index contributed by atoms with van der Waals surface area (Å²) in [5.41, 5.74) is 1.08. The summed E-state index contributed by atoms with van der Waals surface area (Å²) >= 11 is 0. The average Bonchev–Trinajstić information content (AvgIpc) is 2.80. The molecule has 3 unspecified atom stereocenters. The minimum absolute atomic E-state index is 0.130. The Kier molecular flexibility index (Phi) is 9.33. The number of nitrogens with zero attached hydrogens (tertiary/aromatic N) is 1. The van der Waals surface area contributed by atoms with Crippen molar-refractivity contribution in [1.82, 2.24) is 10.2 Å². The quantitative estimate of drug-likeness (QED) is 0.395. The predicted octanol–water partition coefficient (Wildman–Crippen LogP) is 3.89. The molecule has 0 spiro atoms. The van der Waals surface area contributed by atoms with Gasteiger partial charge in [0.25, 0.3) is 5.91 Å². The van der Waals surface area contributed by atoms with Crippen LogP contribution in [0.1, 0.15) is 82.0 Å². The lowest BCUT2D eigenvalue weighted by atomic mass is 9.80. The summed E-state index contributed by atoms with van der Waals surface area (Å²) in [5, 5.41) is 5.96. The van der Waals surface area contributed by atoms with E-state index in [0.717, 1.165) is 44.9 Å². The number of amides is 2. The zero-order valence-corrected chi connectivity index (χ0v) is 20.9. The number of hydrogen-bond donors (Lipinski definition) is 2. The molecule has 0 aromatic heterocycles. The smallest absolute Gasteiger partial charge is 0.305 e. The van der Waals surface area contributed by atoms with E-state index in [4.69, 9.17) is 9.47 Å². The molecular weight excluding hydrogens is 434 g/mol. The topological polar surface area (TPSA) is 97.0 Å². The van der Waals surface area contributed by atoms with Crippen LogP contribution >= 0.6 is 0 Å². The highest BCUT2D eigenvalue weighted by Crippen LogP contribution is 2.37. The zero-order valence-electron chi connectivity index (χ0n) is 20.9. The van der Waals surface area contributed by atoms with Gasteiger partial charge in [0.15, 0.2) is 0 Å². The molecule has 2 amide bonds. The van der Waals surface area contributed by atoms with Crippen LogP contribution in [0.5, 0.6) is 5.75 Å². The molecule has 3 rings (SSSR count). The lowest BCUT2D eigenvalue weighted by molar-refractivity contribution is -0.140. The van der Waals surface area contributed by atoms with Gasteiger partial charge in [-0.25, -0.2) is 0 Å². The Labute approximate surface area is 202 Å². The number of unbranched alkanes of at least 4 members (excludes halogenated alkanes) is 1. The number of piperidine rings is 2. The molecule has 0 radical (unpaired) electrons. The summed E-state index contributed by atoms with van der Waals surface area (Å²) in [6.07, 6.45) is 8.87. The Balaban J connectivity index is 1.58. The Hall–Kier alpha value is -2.61. The van der Waals surface area contributed by atoms with Crippen molar-refractivity contribution in [3.63, 3.8) is 0 Å². The fourth-order valence-electron chi connectivity index (χ4n) is 5.64. The maximum atomic E-state index is 13.1. The summed E-state index contributed by atoms with van der Waals surface area (Å²) in [6.45, 7) is 3.74. The van der Waals surface area contributed by atoms with Crippen LogP contribution in [0.15, 0.2) is 18.2 Å². The van der Waals surface area contributed by atoms with E-state index in [1.54, 1.807) is 18.2 Å². The number of hydrogen-bond acceptors (Lipinski definition) is 6. The number of ether oxygens (including phenoxy) is 2. The van der Waals surface area contributed by atoms with Crippen LogP contribution in [-0.2, 0) is 14.3 Å². The average molecular weight is 474 g/mol. The van der Waals surface area contributed by atoms with Crippen molar-refractivity contribution in [2.75, 3.05) is 19.5 Å². The number of carbonyl (C=O) groups excluding carboxylic acids is 3. The van der Waals surface area contributed by atoms with Crippen LogP contribution in [0.2, 0.25) is 0 Å². The van der Waals surface area contributed by atoms with E-state index in [1.807, 2.05) is 0 Å². The molecule has 2 N–H and O–H groups in total. The summed E-state index contributed by atoms with van der Waals surface area (Å²) in [5.74, 6) is -0.00160. The lowest BCUT2D eigenvalue weighted by Gasteiger charge is -2.51. The third-order valence-electron chi connectivity index (χ3n) is 7.12. The molecule has 0 aliphatic carbocycles. The molecule has 8 heteroatoms. The third kappa shape index (κ3) is 6.72. The highest BCUT2D eigenvalue weighted by atomic mass is 16.5. The number of nitrogens with one attached hydrogen (secondary N) is 2. The van der Waals surface area contributed by atoms with E-state index >= 15 is 0 Å². The Morgan fingerprint density at radius 2 is 1.82 bits per heavy atom. The van der Waals surface area contributed by atoms with E-state index in [2.05, 4.69) is 22.5 Å². The molecule has 1 aromatic carbocycles. The van der Waals surface area contributed by atoms with Gasteiger partial charge in [-0.1, -0.05) is 12.8 Å². The van der Waals surface area contributed by atoms with Gasteiger partial charge in [-0.15, -0.1) is 0 Å². The Bertz CT molecular complexity index is 860. The van der Waals surface area contributed by atoms with Crippen molar-refractivity contribution >= 4 is 23.5 Å². The van der Waals surface area contributed by atoms with Crippen molar-refractivity contribution in [3.05, 3.63) is 23.8 Å². The third-order valence-corrected chi connectivity index (χ3v) is 7.12. The van der Waals surface area contributed by atoms with Crippen molar-refractivity contribution < 1.29 is 23.9 Å². The van der Waals surface area contributed by atoms with E-state index in [0.29, 0.717) is 41.5 Å². The first kappa shape index (κ1) is 26.0. The van der Waals surface area contributed by atoms with Gasteiger partial charge >= 0.3 is 5.97 Å². The highest BCUT2D eigenvalue weighted by Gasteiger charge is 2.40.